The normalized spacial score (nSPS) is 24.8. The van der Waals surface area contributed by atoms with Crippen molar-refractivity contribution in [3.05, 3.63) is 35.9 Å². The summed E-state index contributed by atoms with van der Waals surface area (Å²) in [6.45, 7) is 7.22. The average Bonchev–Trinajstić information content (AvgIpc) is 2.38. The Bertz CT molecular complexity index is 421. The fourth-order valence-corrected chi connectivity index (χ4v) is 2.57. The molecule has 0 unspecified atom stereocenters. The van der Waals surface area contributed by atoms with Crippen LogP contribution in [0.5, 0.6) is 5.75 Å². The van der Waals surface area contributed by atoms with Gasteiger partial charge in [-0.1, -0.05) is 30.4 Å². The highest BCUT2D eigenvalue weighted by Crippen LogP contribution is 2.18. The van der Waals surface area contributed by atoms with Crippen LogP contribution in [0, 0.1) is 0 Å². The highest BCUT2D eigenvalue weighted by molar-refractivity contribution is 5.57. The zero-order valence-electron chi connectivity index (χ0n) is 12.0. The van der Waals surface area contributed by atoms with Crippen LogP contribution in [0.25, 0.3) is 6.08 Å². The number of hydrogen-bond acceptors (Lipinski definition) is 3. The van der Waals surface area contributed by atoms with Crippen molar-refractivity contribution in [3.63, 3.8) is 0 Å². The monoisotopic (exact) mass is 261 g/mol. The summed E-state index contributed by atoms with van der Waals surface area (Å²) in [5.74, 6) is 0.919. The highest BCUT2D eigenvalue weighted by Gasteiger charge is 2.20. The second-order valence-electron chi connectivity index (χ2n) is 5.12. The van der Waals surface area contributed by atoms with E-state index in [1.54, 1.807) is 7.11 Å². The van der Waals surface area contributed by atoms with Gasteiger partial charge in [-0.2, -0.15) is 0 Å². The number of morpholine rings is 1. The summed E-state index contributed by atoms with van der Waals surface area (Å²) in [7, 11) is 1.71. The van der Waals surface area contributed by atoms with Crippen molar-refractivity contribution in [3.8, 4) is 5.75 Å². The molecule has 2 atom stereocenters. The molecule has 1 fully saturated rings. The third-order valence-electron chi connectivity index (χ3n) is 3.30. The van der Waals surface area contributed by atoms with E-state index in [-0.39, 0.29) is 0 Å². The molecule has 0 N–H and O–H groups in total. The topological polar surface area (TPSA) is 21.7 Å². The Morgan fingerprint density at radius 2 is 1.95 bits per heavy atom. The van der Waals surface area contributed by atoms with Gasteiger partial charge in [0.2, 0.25) is 0 Å². The van der Waals surface area contributed by atoms with Crippen LogP contribution in [-0.2, 0) is 4.74 Å². The van der Waals surface area contributed by atoms with Gasteiger partial charge in [0.1, 0.15) is 5.75 Å². The maximum absolute atomic E-state index is 5.73. The molecule has 1 aromatic rings. The molecule has 0 radical (unpaired) electrons. The number of nitrogens with zero attached hydrogens (tertiary/aromatic N) is 1. The number of benzene rings is 1. The molecule has 3 nitrogen and oxygen atoms in total. The molecule has 1 aliphatic rings. The molecule has 0 saturated carbocycles. The first-order valence-corrected chi connectivity index (χ1v) is 6.86. The molecule has 0 spiro atoms. The van der Waals surface area contributed by atoms with E-state index in [0.717, 1.165) is 30.9 Å². The first-order chi connectivity index (χ1) is 9.19. The van der Waals surface area contributed by atoms with Gasteiger partial charge in [-0.3, -0.25) is 4.90 Å². The van der Waals surface area contributed by atoms with Crippen LogP contribution in [0.3, 0.4) is 0 Å². The van der Waals surface area contributed by atoms with E-state index >= 15 is 0 Å². The zero-order chi connectivity index (χ0) is 13.7. The molecular formula is C16H23NO2. The molecular weight excluding hydrogens is 238 g/mol. The molecule has 0 aliphatic carbocycles. The molecule has 19 heavy (non-hydrogen) atoms. The van der Waals surface area contributed by atoms with Crippen molar-refractivity contribution < 1.29 is 9.47 Å². The fourth-order valence-electron chi connectivity index (χ4n) is 2.57. The van der Waals surface area contributed by atoms with Crippen molar-refractivity contribution in [2.75, 3.05) is 26.7 Å². The van der Waals surface area contributed by atoms with Gasteiger partial charge < -0.3 is 9.47 Å². The third kappa shape index (κ3) is 4.08. The van der Waals surface area contributed by atoms with E-state index in [1.165, 1.54) is 0 Å². The second kappa shape index (κ2) is 6.73. The van der Waals surface area contributed by atoms with Gasteiger partial charge in [0.15, 0.2) is 0 Å². The molecule has 1 aliphatic heterocycles. The van der Waals surface area contributed by atoms with E-state index in [9.17, 15) is 0 Å². The van der Waals surface area contributed by atoms with Crippen molar-refractivity contribution in [2.45, 2.75) is 26.1 Å². The number of ether oxygens (including phenoxy) is 2. The Morgan fingerprint density at radius 3 is 2.63 bits per heavy atom. The van der Waals surface area contributed by atoms with Gasteiger partial charge in [-0.05, 0) is 19.9 Å². The van der Waals surface area contributed by atoms with Gasteiger partial charge in [0, 0.05) is 25.2 Å². The first-order valence-electron chi connectivity index (χ1n) is 6.86. The minimum atomic E-state index is 0.323. The van der Waals surface area contributed by atoms with Gasteiger partial charge in [0.25, 0.3) is 0 Å². The zero-order valence-corrected chi connectivity index (χ0v) is 12.0. The lowest BCUT2D eigenvalue weighted by Crippen LogP contribution is -2.45. The molecule has 1 aromatic carbocycles. The molecule has 104 valence electrons. The van der Waals surface area contributed by atoms with Crippen molar-refractivity contribution in [1.29, 1.82) is 0 Å². The van der Waals surface area contributed by atoms with Crippen LogP contribution in [0.4, 0.5) is 0 Å². The molecule has 3 heteroatoms. The van der Waals surface area contributed by atoms with Crippen LogP contribution in [-0.4, -0.2) is 43.9 Å². The third-order valence-corrected chi connectivity index (χ3v) is 3.30. The van der Waals surface area contributed by atoms with Crippen LogP contribution >= 0.6 is 0 Å². The molecule has 1 saturated heterocycles. The maximum Gasteiger partial charge on any atom is 0.126 e. The number of para-hydroxylation sites is 1. The average molecular weight is 261 g/mol. The van der Waals surface area contributed by atoms with E-state index < -0.39 is 0 Å². The smallest absolute Gasteiger partial charge is 0.126 e. The summed E-state index contributed by atoms with van der Waals surface area (Å²) < 4.78 is 11.1. The summed E-state index contributed by atoms with van der Waals surface area (Å²) in [5.41, 5.74) is 1.12. The lowest BCUT2D eigenvalue weighted by Gasteiger charge is -2.34. The second-order valence-corrected chi connectivity index (χ2v) is 5.12. The van der Waals surface area contributed by atoms with Crippen LogP contribution in [0.15, 0.2) is 30.3 Å². The van der Waals surface area contributed by atoms with E-state index in [2.05, 4.69) is 37.0 Å². The summed E-state index contributed by atoms with van der Waals surface area (Å²) in [6, 6.07) is 8.07. The standard InChI is InChI=1S/C16H23NO2/c1-13-11-17(12-14(2)19-13)10-6-8-15-7-4-5-9-16(15)18-3/h4-9,13-14H,10-12H2,1-3H3/b8-6+/t13-,14-/m1/s1. The first kappa shape index (κ1) is 14.1. The Morgan fingerprint density at radius 1 is 1.26 bits per heavy atom. The van der Waals surface area contributed by atoms with Gasteiger partial charge in [0.05, 0.1) is 19.3 Å². The molecule has 0 aromatic heterocycles. The quantitative estimate of drug-likeness (QED) is 0.832. The summed E-state index contributed by atoms with van der Waals surface area (Å²) in [5, 5.41) is 0. The summed E-state index contributed by atoms with van der Waals surface area (Å²) in [4.78, 5) is 2.42. The van der Waals surface area contributed by atoms with Gasteiger partial charge >= 0.3 is 0 Å². The van der Waals surface area contributed by atoms with Gasteiger partial charge in [-0.15, -0.1) is 0 Å². The predicted molar refractivity (Wildman–Crippen MR) is 78.5 cm³/mol. The van der Waals surface area contributed by atoms with Gasteiger partial charge in [-0.25, -0.2) is 0 Å². The Kier molecular flexibility index (Phi) is 5.00. The van der Waals surface area contributed by atoms with E-state index in [1.807, 2.05) is 18.2 Å². The lowest BCUT2D eigenvalue weighted by atomic mass is 10.2. The Labute approximate surface area is 115 Å². The number of hydrogen-bond donors (Lipinski definition) is 0. The van der Waals surface area contributed by atoms with E-state index in [0.29, 0.717) is 12.2 Å². The SMILES string of the molecule is COc1ccccc1/C=C/CN1C[C@@H](C)O[C@H](C)C1. The molecule has 0 bridgehead atoms. The minimum absolute atomic E-state index is 0.323. The summed E-state index contributed by atoms with van der Waals surface area (Å²) >= 11 is 0. The summed E-state index contributed by atoms with van der Waals surface area (Å²) in [6.07, 6.45) is 4.97. The van der Waals surface area contributed by atoms with Crippen molar-refractivity contribution >= 4 is 6.08 Å². The highest BCUT2D eigenvalue weighted by atomic mass is 16.5. The minimum Gasteiger partial charge on any atom is -0.496 e. The molecule has 2 rings (SSSR count). The number of methoxy groups -OCH3 is 1. The van der Waals surface area contributed by atoms with Crippen molar-refractivity contribution in [2.24, 2.45) is 0 Å². The van der Waals surface area contributed by atoms with Crippen LogP contribution in [0.2, 0.25) is 0 Å². The lowest BCUT2D eigenvalue weighted by molar-refractivity contribution is -0.0645. The Balaban J connectivity index is 1.92. The van der Waals surface area contributed by atoms with Crippen LogP contribution < -0.4 is 4.74 Å². The van der Waals surface area contributed by atoms with Crippen LogP contribution in [0.1, 0.15) is 19.4 Å². The fraction of sp³-hybridized carbons (Fsp3) is 0.500. The van der Waals surface area contributed by atoms with Crippen molar-refractivity contribution in [1.82, 2.24) is 4.90 Å². The Hall–Kier alpha value is -1.32. The van der Waals surface area contributed by atoms with E-state index in [4.69, 9.17) is 9.47 Å². The molecule has 0 amide bonds. The maximum atomic E-state index is 5.73. The number of rotatable bonds is 4. The predicted octanol–water partition coefficient (Wildman–Crippen LogP) is 2.82. The molecule has 1 heterocycles. The largest absolute Gasteiger partial charge is 0.496 e.